The molecule has 0 unspecified atom stereocenters. The van der Waals surface area contributed by atoms with Gasteiger partial charge in [-0.2, -0.15) is 0 Å². The summed E-state index contributed by atoms with van der Waals surface area (Å²) < 4.78 is 0. The van der Waals surface area contributed by atoms with Crippen LogP contribution < -0.4 is 5.43 Å². The van der Waals surface area contributed by atoms with Crippen molar-refractivity contribution in [1.82, 2.24) is 10.4 Å². The SMILES string of the molecule is CSc1ccsc1C(=O)NN1CCc2ccccc2C1=O. The Balaban J connectivity index is 1.78. The minimum atomic E-state index is -0.220. The first-order chi connectivity index (χ1) is 10.2. The summed E-state index contributed by atoms with van der Waals surface area (Å²) in [6.07, 6.45) is 2.68. The van der Waals surface area contributed by atoms with E-state index in [9.17, 15) is 9.59 Å². The van der Waals surface area contributed by atoms with E-state index in [0.717, 1.165) is 16.9 Å². The maximum atomic E-state index is 12.4. The van der Waals surface area contributed by atoms with Gasteiger partial charge in [-0.3, -0.25) is 15.0 Å². The fourth-order valence-corrected chi connectivity index (χ4v) is 3.97. The third kappa shape index (κ3) is 2.69. The molecule has 0 saturated carbocycles. The van der Waals surface area contributed by atoms with Gasteiger partial charge in [-0.15, -0.1) is 23.1 Å². The van der Waals surface area contributed by atoms with Gasteiger partial charge in [0.15, 0.2) is 0 Å². The van der Waals surface area contributed by atoms with Crippen molar-refractivity contribution in [3.63, 3.8) is 0 Å². The number of nitrogens with one attached hydrogen (secondary N) is 1. The maximum absolute atomic E-state index is 12.4. The zero-order valence-electron chi connectivity index (χ0n) is 11.5. The van der Waals surface area contributed by atoms with E-state index in [1.165, 1.54) is 28.1 Å². The summed E-state index contributed by atoms with van der Waals surface area (Å²) >= 11 is 2.91. The monoisotopic (exact) mass is 318 g/mol. The lowest BCUT2D eigenvalue weighted by atomic mass is 10.0. The quantitative estimate of drug-likeness (QED) is 0.885. The number of amides is 2. The van der Waals surface area contributed by atoms with Gasteiger partial charge >= 0.3 is 0 Å². The molecule has 0 spiro atoms. The smallest absolute Gasteiger partial charge is 0.267 e. The Labute approximate surface area is 131 Å². The number of thioether (sulfide) groups is 1. The highest BCUT2D eigenvalue weighted by Crippen LogP contribution is 2.26. The predicted octanol–water partition coefficient (Wildman–Crippen LogP) is 2.81. The van der Waals surface area contributed by atoms with Crippen molar-refractivity contribution in [2.24, 2.45) is 0 Å². The van der Waals surface area contributed by atoms with Crippen LogP contribution in [0.1, 0.15) is 25.6 Å². The van der Waals surface area contributed by atoms with Crippen molar-refractivity contribution in [3.05, 3.63) is 51.7 Å². The van der Waals surface area contributed by atoms with Crippen LogP contribution in [0.5, 0.6) is 0 Å². The van der Waals surface area contributed by atoms with Gasteiger partial charge in [0.25, 0.3) is 11.8 Å². The van der Waals surface area contributed by atoms with Crippen molar-refractivity contribution in [2.75, 3.05) is 12.8 Å². The van der Waals surface area contributed by atoms with E-state index in [2.05, 4.69) is 5.43 Å². The molecule has 1 aromatic carbocycles. The lowest BCUT2D eigenvalue weighted by Crippen LogP contribution is -2.49. The minimum absolute atomic E-state index is 0.146. The fraction of sp³-hybridized carbons (Fsp3) is 0.200. The first-order valence-electron chi connectivity index (χ1n) is 6.53. The van der Waals surface area contributed by atoms with Crippen molar-refractivity contribution in [1.29, 1.82) is 0 Å². The van der Waals surface area contributed by atoms with E-state index in [1.807, 2.05) is 35.9 Å². The van der Waals surface area contributed by atoms with Gasteiger partial charge in [0.05, 0.1) is 0 Å². The Morgan fingerprint density at radius 3 is 2.95 bits per heavy atom. The van der Waals surface area contributed by atoms with Crippen LogP contribution in [0, 0.1) is 0 Å². The van der Waals surface area contributed by atoms with Crippen LogP contribution in [-0.4, -0.2) is 29.6 Å². The summed E-state index contributed by atoms with van der Waals surface area (Å²) in [7, 11) is 0. The Hall–Kier alpha value is -1.79. The van der Waals surface area contributed by atoms with Crippen LogP contribution >= 0.6 is 23.1 Å². The average Bonchev–Trinajstić information content (AvgIpc) is 2.99. The van der Waals surface area contributed by atoms with Crippen molar-refractivity contribution in [3.8, 4) is 0 Å². The first kappa shape index (κ1) is 14.2. The lowest BCUT2D eigenvalue weighted by molar-refractivity contribution is 0.0568. The largest absolute Gasteiger partial charge is 0.281 e. The first-order valence-corrected chi connectivity index (χ1v) is 8.63. The van der Waals surface area contributed by atoms with Crippen LogP contribution in [-0.2, 0) is 6.42 Å². The highest BCUT2D eigenvalue weighted by molar-refractivity contribution is 7.98. The standard InChI is InChI=1S/C15H14N2O2S2/c1-20-12-7-9-21-13(12)14(18)16-17-8-6-10-4-2-3-5-11(10)15(17)19/h2-5,7,9H,6,8H2,1H3,(H,16,18). The molecule has 0 bridgehead atoms. The molecule has 1 aliphatic heterocycles. The molecule has 1 aliphatic rings. The summed E-state index contributed by atoms with van der Waals surface area (Å²) in [6.45, 7) is 0.502. The molecule has 4 nitrogen and oxygen atoms in total. The van der Waals surface area contributed by atoms with E-state index < -0.39 is 0 Å². The minimum Gasteiger partial charge on any atom is -0.267 e. The summed E-state index contributed by atoms with van der Waals surface area (Å²) in [5.74, 6) is -0.366. The number of thiophene rings is 1. The van der Waals surface area contributed by atoms with Gasteiger partial charge in [-0.1, -0.05) is 18.2 Å². The maximum Gasteiger partial charge on any atom is 0.281 e. The lowest BCUT2D eigenvalue weighted by Gasteiger charge is -2.28. The molecular weight excluding hydrogens is 304 g/mol. The number of fused-ring (bicyclic) bond motifs is 1. The van der Waals surface area contributed by atoms with Crippen LogP contribution in [0.25, 0.3) is 0 Å². The van der Waals surface area contributed by atoms with Gasteiger partial charge in [0.2, 0.25) is 0 Å². The normalized spacial score (nSPS) is 14.0. The van der Waals surface area contributed by atoms with Gasteiger partial charge < -0.3 is 0 Å². The van der Waals surface area contributed by atoms with Crippen molar-refractivity contribution >= 4 is 34.9 Å². The molecule has 21 heavy (non-hydrogen) atoms. The highest BCUT2D eigenvalue weighted by atomic mass is 32.2. The number of hydrogen-bond donors (Lipinski definition) is 1. The van der Waals surface area contributed by atoms with Crippen LogP contribution in [0.15, 0.2) is 40.6 Å². The fourth-order valence-electron chi connectivity index (χ4n) is 2.33. The zero-order valence-corrected chi connectivity index (χ0v) is 13.1. The molecular formula is C15H14N2O2S2. The second kappa shape index (κ2) is 5.91. The van der Waals surface area contributed by atoms with Gasteiger partial charge in [0, 0.05) is 17.0 Å². The molecule has 108 valence electrons. The Morgan fingerprint density at radius 1 is 1.33 bits per heavy atom. The molecule has 1 N–H and O–H groups in total. The van der Waals surface area contributed by atoms with E-state index in [4.69, 9.17) is 0 Å². The summed E-state index contributed by atoms with van der Waals surface area (Å²) in [6, 6.07) is 9.44. The Kier molecular flexibility index (Phi) is 3.98. The van der Waals surface area contributed by atoms with Crippen LogP contribution in [0.4, 0.5) is 0 Å². The number of rotatable bonds is 3. The van der Waals surface area contributed by atoms with E-state index in [-0.39, 0.29) is 11.8 Å². The Morgan fingerprint density at radius 2 is 2.14 bits per heavy atom. The number of hydrazine groups is 1. The van der Waals surface area contributed by atoms with Crippen molar-refractivity contribution < 1.29 is 9.59 Å². The molecule has 0 radical (unpaired) electrons. The number of hydrogen-bond acceptors (Lipinski definition) is 4. The zero-order chi connectivity index (χ0) is 14.8. The third-order valence-electron chi connectivity index (χ3n) is 3.39. The van der Waals surface area contributed by atoms with E-state index in [0.29, 0.717) is 17.0 Å². The van der Waals surface area contributed by atoms with E-state index >= 15 is 0 Å². The van der Waals surface area contributed by atoms with E-state index in [1.54, 1.807) is 6.07 Å². The van der Waals surface area contributed by atoms with Crippen LogP contribution in [0.3, 0.4) is 0 Å². The molecule has 1 aromatic heterocycles. The average molecular weight is 318 g/mol. The number of carbonyl (C=O) groups excluding carboxylic acids is 2. The molecule has 0 fully saturated rings. The molecule has 0 atom stereocenters. The third-order valence-corrected chi connectivity index (χ3v) is 5.21. The molecule has 2 amide bonds. The molecule has 0 aliphatic carbocycles. The molecule has 2 aromatic rings. The van der Waals surface area contributed by atoms with Gasteiger partial charge in [0.1, 0.15) is 4.88 Å². The van der Waals surface area contributed by atoms with Crippen LogP contribution in [0.2, 0.25) is 0 Å². The molecule has 2 heterocycles. The predicted molar refractivity (Wildman–Crippen MR) is 84.7 cm³/mol. The topological polar surface area (TPSA) is 49.4 Å². The second-order valence-corrected chi connectivity index (χ2v) is 6.39. The van der Waals surface area contributed by atoms with Gasteiger partial charge in [-0.25, -0.2) is 5.01 Å². The highest BCUT2D eigenvalue weighted by Gasteiger charge is 2.26. The molecule has 6 heteroatoms. The number of benzene rings is 1. The summed E-state index contributed by atoms with van der Waals surface area (Å²) in [5.41, 5.74) is 4.43. The Bertz CT molecular complexity index is 696. The summed E-state index contributed by atoms with van der Waals surface area (Å²) in [5, 5.41) is 3.29. The van der Waals surface area contributed by atoms with Crippen molar-refractivity contribution in [2.45, 2.75) is 11.3 Å². The number of carbonyl (C=O) groups is 2. The molecule has 0 saturated heterocycles. The molecule has 3 rings (SSSR count). The van der Waals surface area contributed by atoms with Gasteiger partial charge in [-0.05, 0) is 35.8 Å². The number of nitrogens with zero attached hydrogens (tertiary/aromatic N) is 1. The second-order valence-electron chi connectivity index (χ2n) is 4.62. The summed E-state index contributed by atoms with van der Waals surface area (Å²) in [4.78, 5) is 26.3.